The average molecular weight is 461 g/mol. The maximum Gasteiger partial charge on any atom is 0.0676 e. The largest absolute Gasteiger partial charge is 0.0800 e. The first-order valence-electron chi connectivity index (χ1n) is 13.1. The first-order valence-corrected chi connectivity index (χ1v) is 13.1. The highest BCUT2D eigenvalue weighted by molar-refractivity contribution is 5.91. The standard InChI is InChI=1S/C35H40/c1-23-11-9-13-27(19-23)35(28-14-10-12-24(2)20-28)31-21-25(33(3,4)5)15-17-29(31)30-18-16-26(22-32(30)35)34(6,7)8/h9-21,26H,22H2,1-8H3. The van der Waals surface area contributed by atoms with Gasteiger partial charge in [0.25, 0.3) is 0 Å². The summed E-state index contributed by atoms with van der Waals surface area (Å²) in [5.41, 5.74) is 12.7. The summed E-state index contributed by atoms with van der Waals surface area (Å²) >= 11 is 0. The summed E-state index contributed by atoms with van der Waals surface area (Å²) in [5.74, 6) is 0.506. The molecule has 0 heterocycles. The van der Waals surface area contributed by atoms with Crippen LogP contribution in [0, 0.1) is 25.2 Å². The Kier molecular flexibility index (Phi) is 5.51. The van der Waals surface area contributed by atoms with Gasteiger partial charge in [-0.25, -0.2) is 0 Å². The first-order chi connectivity index (χ1) is 16.4. The fraction of sp³-hybridized carbons (Fsp3) is 0.371. The zero-order chi connectivity index (χ0) is 25.2. The Balaban J connectivity index is 1.91. The van der Waals surface area contributed by atoms with E-state index in [9.17, 15) is 0 Å². The number of hydrogen-bond donors (Lipinski definition) is 0. The van der Waals surface area contributed by atoms with E-state index in [4.69, 9.17) is 0 Å². The molecule has 3 aromatic rings. The molecule has 1 unspecified atom stereocenters. The molecule has 0 amide bonds. The van der Waals surface area contributed by atoms with Crippen molar-refractivity contribution in [3.63, 3.8) is 0 Å². The van der Waals surface area contributed by atoms with E-state index in [2.05, 4.69) is 134 Å². The van der Waals surface area contributed by atoms with Crippen LogP contribution < -0.4 is 0 Å². The molecule has 3 aromatic carbocycles. The SMILES string of the molecule is Cc1cccc(C2(c3cccc(C)c3)C3=C(C=CC(C(C)(C)C)C3)c3ccc(C(C)(C)C)cc32)c1. The van der Waals surface area contributed by atoms with Crippen LogP contribution in [0.15, 0.2) is 84.5 Å². The third-order valence-electron chi connectivity index (χ3n) is 8.29. The number of hydrogen-bond acceptors (Lipinski definition) is 0. The van der Waals surface area contributed by atoms with Crippen molar-refractivity contribution in [3.8, 4) is 0 Å². The van der Waals surface area contributed by atoms with Crippen molar-refractivity contribution in [3.05, 3.63) is 123 Å². The summed E-state index contributed by atoms with van der Waals surface area (Å²) in [6.07, 6.45) is 6.00. The fourth-order valence-electron chi connectivity index (χ4n) is 6.21. The van der Waals surface area contributed by atoms with Crippen LogP contribution in [0.25, 0.3) is 5.57 Å². The van der Waals surface area contributed by atoms with Gasteiger partial charge in [-0.1, -0.05) is 132 Å². The Morgan fingerprint density at radius 1 is 0.743 bits per heavy atom. The highest BCUT2D eigenvalue weighted by Gasteiger charge is 2.49. The number of benzene rings is 3. The molecule has 0 spiro atoms. The highest BCUT2D eigenvalue weighted by Crippen LogP contribution is 2.59. The van der Waals surface area contributed by atoms with Gasteiger partial charge in [0.2, 0.25) is 0 Å². The van der Waals surface area contributed by atoms with Gasteiger partial charge in [0, 0.05) is 0 Å². The molecule has 0 radical (unpaired) electrons. The lowest BCUT2D eigenvalue weighted by atomic mass is 9.62. The molecule has 0 aromatic heterocycles. The summed E-state index contributed by atoms with van der Waals surface area (Å²) in [5, 5.41) is 0. The molecule has 0 fully saturated rings. The average Bonchev–Trinajstić information content (AvgIpc) is 3.08. The van der Waals surface area contributed by atoms with E-state index in [1.165, 1.54) is 44.5 Å². The zero-order valence-corrected chi connectivity index (χ0v) is 22.8. The summed E-state index contributed by atoms with van der Waals surface area (Å²) in [4.78, 5) is 0. The number of allylic oxidation sites excluding steroid dienone is 4. The Bertz CT molecular complexity index is 1300. The molecule has 0 aliphatic heterocycles. The predicted molar refractivity (Wildman–Crippen MR) is 151 cm³/mol. The third-order valence-corrected chi connectivity index (χ3v) is 8.29. The van der Waals surface area contributed by atoms with Gasteiger partial charge in [0.1, 0.15) is 0 Å². The molecule has 35 heavy (non-hydrogen) atoms. The smallest absolute Gasteiger partial charge is 0.0676 e. The van der Waals surface area contributed by atoms with Crippen LogP contribution in [0.3, 0.4) is 0 Å². The second-order valence-electron chi connectivity index (χ2n) is 12.9. The molecule has 0 bridgehead atoms. The van der Waals surface area contributed by atoms with E-state index in [1.54, 1.807) is 5.57 Å². The molecule has 5 rings (SSSR count). The van der Waals surface area contributed by atoms with Gasteiger partial charge >= 0.3 is 0 Å². The maximum absolute atomic E-state index is 2.53. The molecule has 1 atom stereocenters. The molecule has 0 saturated carbocycles. The van der Waals surface area contributed by atoms with E-state index in [0.29, 0.717) is 5.92 Å². The lowest BCUT2D eigenvalue weighted by molar-refractivity contribution is 0.285. The van der Waals surface area contributed by atoms with Crippen LogP contribution in [-0.4, -0.2) is 0 Å². The molecule has 180 valence electrons. The summed E-state index contributed by atoms with van der Waals surface area (Å²) < 4.78 is 0. The number of fused-ring (bicyclic) bond motifs is 2. The monoisotopic (exact) mass is 460 g/mol. The van der Waals surface area contributed by atoms with Crippen LogP contribution in [-0.2, 0) is 10.8 Å². The quantitative estimate of drug-likeness (QED) is 0.357. The van der Waals surface area contributed by atoms with Crippen molar-refractivity contribution in [2.75, 3.05) is 0 Å². The van der Waals surface area contributed by atoms with Crippen molar-refractivity contribution < 1.29 is 0 Å². The maximum atomic E-state index is 2.53. The molecule has 0 nitrogen and oxygen atoms in total. The van der Waals surface area contributed by atoms with Crippen molar-refractivity contribution in [2.45, 2.75) is 72.6 Å². The van der Waals surface area contributed by atoms with Crippen LogP contribution in [0.1, 0.15) is 86.9 Å². The van der Waals surface area contributed by atoms with E-state index in [-0.39, 0.29) is 16.2 Å². The third kappa shape index (κ3) is 3.83. The predicted octanol–water partition coefficient (Wildman–Crippen LogP) is 9.32. The number of aryl methyl sites for hydroxylation is 2. The van der Waals surface area contributed by atoms with Gasteiger partial charge in [-0.3, -0.25) is 0 Å². The molecule has 2 aliphatic rings. The van der Waals surface area contributed by atoms with E-state index >= 15 is 0 Å². The summed E-state index contributed by atoms with van der Waals surface area (Å²) in [6.45, 7) is 18.6. The second kappa shape index (κ2) is 8.09. The highest BCUT2D eigenvalue weighted by atomic mass is 14.5. The van der Waals surface area contributed by atoms with Gasteiger partial charge in [-0.05, 0) is 76.0 Å². The van der Waals surface area contributed by atoms with Crippen molar-refractivity contribution in [1.82, 2.24) is 0 Å². The van der Waals surface area contributed by atoms with Gasteiger partial charge < -0.3 is 0 Å². The molecule has 0 saturated heterocycles. The first kappa shape index (κ1) is 23.9. The van der Waals surface area contributed by atoms with Gasteiger partial charge in [0.05, 0.1) is 5.41 Å². The topological polar surface area (TPSA) is 0 Å². The van der Waals surface area contributed by atoms with Gasteiger partial charge in [-0.15, -0.1) is 0 Å². The van der Waals surface area contributed by atoms with Gasteiger partial charge in [0.15, 0.2) is 0 Å². The van der Waals surface area contributed by atoms with Crippen molar-refractivity contribution in [1.29, 1.82) is 0 Å². The zero-order valence-electron chi connectivity index (χ0n) is 22.8. The minimum atomic E-state index is -0.280. The minimum absolute atomic E-state index is 0.0901. The molecule has 0 heteroatoms. The summed E-state index contributed by atoms with van der Waals surface area (Å²) in [6, 6.07) is 25.8. The Morgan fingerprint density at radius 2 is 1.34 bits per heavy atom. The van der Waals surface area contributed by atoms with E-state index in [0.717, 1.165) is 6.42 Å². The van der Waals surface area contributed by atoms with Gasteiger partial charge in [-0.2, -0.15) is 0 Å². The summed E-state index contributed by atoms with van der Waals surface area (Å²) in [7, 11) is 0. The molecule has 0 N–H and O–H groups in total. The van der Waals surface area contributed by atoms with Crippen LogP contribution in [0.4, 0.5) is 0 Å². The Hall–Kier alpha value is -2.86. The minimum Gasteiger partial charge on any atom is -0.0800 e. The lowest BCUT2D eigenvalue weighted by Crippen LogP contribution is -2.33. The Morgan fingerprint density at radius 3 is 1.86 bits per heavy atom. The van der Waals surface area contributed by atoms with Crippen molar-refractivity contribution >= 4 is 5.57 Å². The van der Waals surface area contributed by atoms with Crippen LogP contribution in [0.2, 0.25) is 0 Å². The fourth-order valence-corrected chi connectivity index (χ4v) is 6.21. The molecular weight excluding hydrogens is 420 g/mol. The van der Waals surface area contributed by atoms with E-state index < -0.39 is 0 Å². The second-order valence-corrected chi connectivity index (χ2v) is 12.9. The normalized spacial score (nSPS) is 19.0. The van der Waals surface area contributed by atoms with Crippen LogP contribution in [0.5, 0.6) is 0 Å². The molecule has 2 aliphatic carbocycles. The van der Waals surface area contributed by atoms with E-state index in [1.807, 2.05) is 0 Å². The lowest BCUT2D eigenvalue weighted by Gasteiger charge is -2.40. The molecular formula is C35H40. The Labute approximate surface area is 212 Å². The van der Waals surface area contributed by atoms with Crippen molar-refractivity contribution in [2.24, 2.45) is 11.3 Å². The van der Waals surface area contributed by atoms with Crippen LogP contribution >= 0.6 is 0 Å². The number of rotatable bonds is 2.